The van der Waals surface area contributed by atoms with Gasteiger partial charge in [-0.25, -0.2) is 0 Å². The van der Waals surface area contributed by atoms with Gasteiger partial charge in [0.2, 0.25) is 12.7 Å². The fourth-order valence-corrected chi connectivity index (χ4v) is 6.20. The first-order valence-electron chi connectivity index (χ1n) is 14.3. The maximum Gasteiger partial charge on any atom is 0.309 e. The van der Waals surface area contributed by atoms with E-state index in [-0.39, 0.29) is 25.2 Å². The quantitative estimate of drug-likeness (QED) is 0.335. The van der Waals surface area contributed by atoms with Gasteiger partial charge < -0.3 is 24.6 Å². The van der Waals surface area contributed by atoms with Gasteiger partial charge >= 0.3 is 5.97 Å². The second-order valence-corrected chi connectivity index (χ2v) is 10.6. The Bertz CT molecular complexity index is 1390. The van der Waals surface area contributed by atoms with Crippen LogP contribution < -0.4 is 19.5 Å². The number of aryl methyl sites for hydroxylation is 3. The fourth-order valence-electron chi connectivity index (χ4n) is 6.20. The third kappa shape index (κ3) is 5.75. The van der Waals surface area contributed by atoms with E-state index in [4.69, 9.17) is 14.2 Å². The average Bonchev–Trinajstić information content (AvgIpc) is 3.61. The van der Waals surface area contributed by atoms with E-state index in [1.807, 2.05) is 47.4 Å². The zero-order chi connectivity index (χ0) is 29.1. The van der Waals surface area contributed by atoms with Crippen LogP contribution >= 0.6 is 0 Å². The number of aliphatic carboxylic acids is 1. The topological polar surface area (TPSA) is 97.3 Å². The number of carbonyl (C=O) groups excluding carboxylic acids is 1. The van der Waals surface area contributed by atoms with Gasteiger partial charge in [-0.15, -0.1) is 0 Å². The second-order valence-electron chi connectivity index (χ2n) is 10.6. The summed E-state index contributed by atoms with van der Waals surface area (Å²) in [5.74, 6) is -0.265. The minimum atomic E-state index is -0.909. The summed E-state index contributed by atoms with van der Waals surface area (Å²) in [5.41, 5.74) is 6.03. The summed E-state index contributed by atoms with van der Waals surface area (Å²) in [6.07, 6.45) is 2.55. The maximum absolute atomic E-state index is 13.7. The number of rotatable bonds is 10. The molecule has 0 saturated carbocycles. The number of nitrogens with zero attached hydrogens (tertiary/aromatic N) is 1. The van der Waals surface area contributed by atoms with Crippen molar-refractivity contribution in [3.05, 3.63) is 82.4 Å². The molecule has 8 heteroatoms. The van der Waals surface area contributed by atoms with Crippen molar-refractivity contribution in [3.63, 3.8) is 0 Å². The third-order valence-electron chi connectivity index (χ3n) is 8.31. The summed E-state index contributed by atoms with van der Waals surface area (Å²) in [4.78, 5) is 28.5. The Morgan fingerprint density at radius 3 is 2.20 bits per heavy atom. The number of nitrogens with one attached hydrogen (secondary N) is 1. The number of hydrogen-bond acceptors (Lipinski definition) is 6. The molecule has 2 aliphatic heterocycles. The minimum Gasteiger partial charge on any atom is -0.497 e. The predicted octanol–water partition coefficient (Wildman–Crippen LogP) is 5.59. The first-order chi connectivity index (χ1) is 19.9. The lowest BCUT2D eigenvalue weighted by atomic mass is 9.82. The van der Waals surface area contributed by atoms with Crippen molar-refractivity contribution in [2.75, 3.05) is 32.3 Å². The number of methoxy groups -OCH3 is 1. The van der Waals surface area contributed by atoms with Crippen LogP contribution in [0.2, 0.25) is 0 Å². The van der Waals surface area contributed by atoms with Crippen LogP contribution in [0.25, 0.3) is 0 Å². The van der Waals surface area contributed by atoms with Crippen molar-refractivity contribution in [1.29, 1.82) is 0 Å². The van der Waals surface area contributed by atoms with Crippen molar-refractivity contribution < 1.29 is 28.9 Å². The molecule has 41 heavy (non-hydrogen) atoms. The first-order valence-corrected chi connectivity index (χ1v) is 14.3. The largest absolute Gasteiger partial charge is 0.497 e. The van der Waals surface area contributed by atoms with Gasteiger partial charge in [0.25, 0.3) is 0 Å². The van der Waals surface area contributed by atoms with E-state index in [1.54, 1.807) is 7.11 Å². The van der Waals surface area contributed by atoms with E-state index in [2.05, 4.69) is 38.2 Å². The Hall–Kier alpha value is -4.04. The van der Waals surface area contributed by atoms with E-state index in [0.717, 1.165) is 47.2 Å². The van der Waals surface area contributed by atoms with Crippen molar-refractivity contribution in [3.8, 4) is 17.2 Å². The molecule has 0 aromatic heterocycles. The van der Waals surface area contributed by atoms with Crippen LogP contribution in [0.5, 0.6) is 17.2 Å². The Balaban J connectivity index is 1.48. The number of anilines is 1. The van der Waals surface area contributed by atoms with E-state index in [9.17, 15) is 14.7 Å². The summed E-state index contributed by atoms with van der Waals surface area (Å²) >= 11 is 0. The highest BCUT2D eigenvalue weighted by Gasteiger charge is 2.48. The lowest BCUT2D eigenvalue weighted by Crippen LogP contribution is -2.35. The number of carbonyl (C=O) groups is 2. The average molecular weight is 559 g/mol. The normalized spacial score (nSPS) is 19.8. The molecule has 5 rings (SSSR count). The SMILES string of the molecule is CCc1cc(CC)c(NC(=O)CN2C[C@H](c3ccc4c(c3)OCO4)[C@H](C(=O)O)[C@H]2c2ccc(OC)cc2)c(CC)c1. The number of likely N-dealkylation sites (tertiary alicyclic amines) is 1. The molecule has 0 aliphatic carbocycles. The number of carboxylic acid groups (broad SMARTS) is 1. The molecule has 2 aliphatic rings. The number of fused-ring (bicyclic) bond motifs is 1. The monoisotopic (exact) mass is 558 g/mol. The highest BCUT2D eigenvalue weighted by atomic mass is 16.7. The van der Waals surface area contributed by atoms with E-state index < -0.39 is 17.9 Å². The molecular weight excluding hydrogens is 520 g/mol. The molecule has 3 aromatic carbocycles. The standard InChI is InChI=1S/C33H38N2O6/c1-5-20-14-21(6-2)31(22(7-3)15-20)34-29(36)18-35-17-26(24-10-13-27-28(16-24)41-19-40-27)30(33(37)38)32(35)23-8-11-25(39-4)12-9-23/h8-16,26,30,32H,5-7,17-19H2,1-4H3,(H,34,36)(H,37,38)/t26-,30+,32-/m1/s1. The third-order valence-corrected chi connectivity index (χ3v) is 8.31. The van der Waals surface area contributed by atoms with Crippen LogP contribution in [0.1, 0.15) is 60.5 Å². The summed E-state index contributed by atoms with van der Waals surface area (Å²) in [6, 6.07) is 16.9. The van der Waals surface area contributed by atoms with Crippen LogP contribution in [0.3, 0.4) is 0 Å². The molecule has 0 radical (unpaired) electrons. The molecule has 0 unspecified atom stereocenters. The van der Waals surface area contributed by atoms with Crippen LogP contribution in [0.4, 0.5) is 5.69 Å². The molecule has 0 spiro atoms. The zero-order valence-corrected chi connectivity index (χ0v) is 24.1. The maximum atomic E-state index is 13.7. The summed E-state index contributed by atoms with van der Waals surface area (Å²) in [5, 5.41) is 13.7. The Kier molecular flexibility index (Phi) is 8.49. The van der Waals surface area contributed by atoms with Gasteiger partial charge in [0.05, 0.1) is 19.6 Å². The van der Waals surface area contributed by atoms with Gasteiger partial charge in [-0.2, -0.15) is 0 Å². The van der Waals surface area contributed by atoms with Crippen LogP contribution in [0.15, 0.2) is 54.6 Å². The molecule has 3 atom stereocenters. The smallest absolute Gasteiger partial charge is 0.309 e. The van der Waals surface area contributed by atoms with Gasteiger partial charge in [-0.05, 0) is 71.3 Å². The summed E-state index contributed by atoms with van der Waals surface area (Å²) < 4.78 is 16.4. The van der Waals surface area contributed by atoms with Gasteiger partial charge in [0.15, 0.2) is 11.5 Å². The number of carboxylic acids is 1. The zero-order valence-electron chi connectivity index (χ0n) is 24.1. The van der Waals surface area contributed by atoms with Crippen LogP contribution in [-0.2, 0) is 28.9 Å². The fraction of sp³-hybridized carbons (Fsp3) is 0.394. The molecule has 2 heterocycles. The Morgan fingerprint density at radius 1 is 0.927 bits per heavy atom. The molecular formula is C33H38N2O6. The van der Waals surface area contributed by atoms with Crippen LogP contribution in [-0.4, -0.2) is 48.9 Å². The number of hydrogen-bond donors (Lipinski definition) is 2. The van der Waals surface area contributed by atoms with E-state index in [1.165, 1.54) is 5.56 Å². The van der Waals surface area contributed by atoms with Crippen LogP contribution in [0, 0.1) is 5.92 Å². The number of benzene rings is 3. The van der Waals surface area contributed by atoms with Crippen molar-refractivity contribution >= 4 is 17.6 Å². The Morgan fingerprint density at radius 2 is 1.59 bits per heavy atom. The van der Waals surface area contributed by atoms with E-state index >= 15 is 0 Å². The molecule has 0 bridgehead atoms. The van der Waals surface area contributed by atoms with Gasteiger partial charge in [-0.1, -0.05) is 51.1 Å². The van der Waals surface area contributed by atoms with Gasteiger partial charge in [-0.3, -0.25) is 14.5 Å². The van der Waals surface area contributed by atoms with E-state index in [0.29, 0.717) is 23.8 Å². The summed E-state index contributed by atoms with van der Waals surface area (Å²) in [6.45, 7) is 6.93. The molecule has 1 fully saturated rings. The number of amides is 1. The number of ether oxygens (including phenoxy) is 3. The molecule has 8 nitrogen and oxygen atoms in total. The molecule has 1 amide bonds. The molecule has 2 N–H and O–H groups in total. The summed E-state index contributed by atoms with van der Waals surface area (Å²) in [7, 11) is 1.60. The van der Waals surface area contributed by atoms with Gasteiger partial charge in [0, 0.05) is 24.2 Å². The van der Waals surface area contributed by atoms with Crippen molar-refractivity contribution in [2.45, 2.75) is 52.0 Å². The molecule has 1 saturated heterocycles. The van der Waals surface area contributed by atoms with Crippen molar-refractivity contribution in [2.24, 2.45) is 5.92 Å². The minimum absolute atomic E-state index is 0.0589. The van der Waals surface area contributed by atoms with Crippen molar-refractivity contribution in [1.82, 2.24) is 4.90 Å². The Labute approximate surface area is 241 Å². The molecule has 216 valence electrons. The highest BCUT2D eigenvalue weighted by Crippen LogP contribution is 2.47. The lowest BCUT2D eigenvalue weighted by Gasteiger charge is -2.27. The first kappa shape index (κ1) is 28.5. The predicted molar refractivity (Wildman–Crippen MR) is 157 cm³/mol. The lowest BCUT2D eigenvalue weighted by molar-refractivity contribution is -0.143. The highest BCUT2D eigenvalue weighted by molar-refractivity contribution is 5.94. The van der Waals surface area contributed by atoms with Gasteiger partial charge in [0.1, 0.15) is 5.75 Å². The second kappa shape index (κ2) is 12.2. The molecule has 3 aromatic rings.